The van der Waals surface area contributed by atoms with Crippen molar-refractivity contribution in [1.29, 1.82) is 0 Å². The van der Waals surface area contributed by atoms with E-state index in [-0.39, 0.29) is 11.6 Å². The van der Waals surface area contributed by atoms with Gasteiger partial charge in [-0.25, -0.2) is 0 Å². The standard InChI is InChI=1S/C17H11ClO3/c1-9-8-10(6-7-13(9)18)16-17(21-16)14(19)11-4-2-3-5-12(11)15(17)20/h2-8,16H,1H3. The number of rotatable bonds is 1. The quantitative estimate of drug-likeness (QED) is 0.597. The number of carbonyl (C=O) groups excluding carboxylic acids is 2. The van der Waals surface area contributed by atoms with Crippen LogP contribution in [0, 0.1) is 6.92 Å². The summed E-state index contributed by atoms with van der Waals surface area (Å²) in [6.07, 6.45) is -0.513. The summed E-state index contributed by atoms with van der Waals surface area (Å²) in [4.78, 5) is 25.1. The van der Waals surface area contributed by atoms with Gasteiger partial charge in [0.05, 0.1) is 0 Å². The molecule has 104 valence electrons. The van der Waals surface area contributed by atoms with Crippen molar-refractivity contribution < 1.29 is 14.3 Å². The highest BCUT2D eigenvalue weighted by Gasteiger charge is 2.72. The van der Waals surface area contributed by atoms with Gasteiger partial charge in [0.25, 0.3) is 0 Å². The van der Waals surface area contributed by atoms with Gasteiger partial charge in [-0.15, -0.1) is 0 Å². The second-order valence-corrected chi connectivity index (χ2v) is 5.85. The molecule has 2 aromatic carbocycles. The van der Waals surface area contributed by atoms with Crippen molar-refractivity contribution in [3.63, 3.8) is 0 Å². The van der Waals surface area contributed by atoms with Gasteiger partial charge in [0.2, 0.25) is 17.2 Å². The van der Waals surface area contributed by atoms with Crippen molar-refractivity contribution in [2.45, 2.75) is 18.6 Å². The molecule has 0 amide bonds. The van der Waals surface area contributed by atoms with Gasteiger partial charge < -0.3 is 4.74 Å². The molecule has 1 aliphatic heterocycles. The Bertz CT molecular complexity index is 774. The largest absolute Gasteiger partial charge is 0.344 e. The lowest BCUT2D eigenvalue weighted by Crippen LogP contribution is -2.27. The van der Waals surface area contributed by atoms with Crippen LogP contribution in [0.15, 0.2) is 42.5 Å². The second kappa shape index (κ2) is 4.03. The summed E-state index contributed by atoms with van der Waals surface area (Å²) in [6, 6.07) is 12.3. The number of aryl methyl sites for hydroxylation is 1. The number of hydrogen-bond donors (Lipinski definition) is 0. The van der Waals surface area contributed by atoms with E-state index in [4.69, 9.17) is 16.3 Å². The minimum Gasteiger partial charge on any atom is -0.344 e. The molecule has 1 heterocycles. The normalized spacial score (nSPS) is 21.7. The average molecular weight is 299 g/mol. The molecule has 1 saturated heterocycles. The van der Waals surface area contributed by atoms with Crippen LogP contribution in [0.5, 0.6) is 0 Å². The summed E-state index contributed by atoms with van der Waals surface area (Å²) in [6.45, 7) is 1.88. The zero-order valence-corrected chi connectivity index (χ0v) is 12.0. The first-order valence-electron chi connectivity index (χ1n) is 6.68. The van der Waals surface area contributed by atoms with E-state index in [1.165, 1.54) is 0 Å². The SMILES string of the molecule is Cc1cc(C2OC23C(=O)c2ccccc2C3=O)ccc1Cl. The van der Waals surface area contributed by atoms with Gasteiger partial charge in [-0.3, -0.25) is 9.59 Å². The van der Waals surface area contributed by atoms with Crippen molar-refractivity contribution in [2.24, 2.45) is 0 Å². The van der Waals surface area contributed by atoms with Crippen LogP contribution in [0.4, 0.5) is 0 Å². The maximum Gasteiger partial charge on any atom is 0.224 e. The Morgan fingerprint density at radius 1 is 1.05 bits per heavy atom. The molecule has 1 unspecified atom stereocenters. The molecular weight excluding hydrogens is 288 g/mol. The number of halogens is 1. The molecule has 1 fully saturated rings. The molecule has 3 nitrogen and oxygen atoms in total. The molecular formula is C17H11ClO3. The molecule has 4 heteroatoms. The van der Waals surface area contributed by atoms with Crippen LogP contribution >= 0.6 is 11.6 Å². The van der Waals surface area contributed by atoms with E-state index in [1.807, 2.05) is 13.0 Å². The Labute approximate surface area is 126 Å². The van der Waals surface area contributed by atoms with Crippen LogP contribution in [0.3, 0.4) is 0 Å². The zero-order chi connectivity index (χ0) is 14.8. The van der Waals surface area contributed by atoms with Crippen molar-refractivity contribution in [3.05, 3.63) is 69.7 Å². The fourth-order valence-corrected chi connectivity index (χ4v) is 3.13. The fraction of sp³-hybridized carbons (Fsp3) is 0.176. The molecule has 0 saturated carbocycles. The highest BCUT2D eigenvalue weighted by Crippen LogP contribution is 2.56. The van der Waals surface area contributed by atoms with Gasteiger partial charge in [-0.2, -0.15) is 0 Å². The molecule has 1 aliphatic carbocycles. The number of Topliss-reactive ketones (excluding diaryl/α,β-unsaturated/α-hetero) is 2. The Balaban J connectivity index is 1.78. The minimum atomic E-state index is -1.34. The first kappa shape index (κ1) is 12.7. The predicted molar refractivity (Wildman–Crippen MR) is 77.8 cm³/mol. The molecule has 1 spiro atoms. The minimum absolute atomic E-state index is 0.235. The summed E-state index contributed by atoms with van der Waals surface area (Å²) in [5.74, 6) is -0.471. The van der Waals surface area contributed by atoms with Crippen molar-refractivity contribution in [3.8, 4) is 0 Å². The summed E-state index contributed by atoms with van der Waals surface area (Å²) < 4.78 is 5.61. The number of ketones is 2. The third-order valence-electron chi connectivity index (χ3n) is 4.19. The first-order chi connectivity index (χ1) is 10.1. The van der Waals surface area contributed by atoms with E-state index in [9.17, 15) is 9.59 Å². The number of epoxide rings is 1. The molecule has 0 bridgehead atoms. The van der Waals surface area contributed by atoms with Crippen LogP contribution in [0.25, 0.3) is 0 Å². The number of carbonyl (C=O) groups is 2. The second-order valence-electron chi connectivity index (χ2n) is 5.45. The molecule has 0 radical (unpaired) electrons. The number of ether oxygens (including phenoxy) is 1. The number of fused-ring (bicyclic) bond motifs is 1. The molecule has 0 aromatic heterocycles. The lowest BCUT2D eigenvalue weighted by atomic mass is 9.94. The van der Waals surface area contributed by atoms with E-state index < -0.39 is 11.7 Å². The Hall–Kier alpha value is -1.97. The van der Waals surface area contributed by atoms with Gasteiger partial charge >= 0.3 is 0 Å². The highest BCUT2D eigenvalue weighted by atomic mass is 35.5. The third-order valence-corrected chi connectivity index (χ3v) is 4.62. The van der Waals surface area contributed by atoms with Gasteiger partial charge in [-0.05, 0) is 24.1 Å². The Morgan fingerprint density at radius 3 is 2.24 bits per heavy atom. The molecule has 1 atom stereocenters. The van der Waals surface area contributed by atoms with Gasteiger partial charge in [0, 0.05) is 16.1 Å². The smallest absolute Gasteiger partial charge is 0.224 e. The van der Waals surface area contributed by atoms with Crippen LogP contribution in [-0.4, -0.2) is 17.2 Å². The highest BCUT2D eigenvalue weighted by molar-refractivity contribution is 6.34. The van der Waals surface area contributed by atoms with E-state index in [1.54, 1.807) is 36.4 Å². The maximum absolute atomic E-state index is 12.6. The maximum atomic E-state index is 12.6. The Morgan fingerprint density at radius 2 is 1.67 bits per heavy atom. The summed E-state index contributed by atoms with van der Waals surface area (Å²) >= 11 is 6.01. The van der Waals surface area contributed by atoms with Crippen LogP contribution in [-0.2, 0) is 4.74 Å². The lowest BCUT2D eigenvalue weighted by Gasteiger charge is -2.03. The van der Waals surface area contributed by atoms with Crippen molar-refractivity contribution >= 4 is 23.2 Å². The lowest BCUT2D eigenvalue weighted by molar-refractivity contribution is 0.0785. The third kappa shape index (κ3) is 1.53. The number of hydrogen-bond acceptors (Lipinski definition) is 3. The van der Waals surface area contributed by atoms with Gasteiger partial charge in [0.15, 0.2) is 0 Å². The molecule has 4 rings (SSSR count). The van der Waals surface area contributed by atoms with E-state index >= 15 is 0 Å². The van der Waals surface area contributed by atoms with Crippen LogP contribution < -0.4 is 0 Å². The van der Waals surface area contributed by atoms with Gasteiger partial charge in [-0.1, -0.05) is 48.0 Å². The zero-order valence-electron chi connectivity index (χ0n) is 11.2. The van der Waals surface area contributed by atoms with Crippen LogP contribution in [0.2, 0.25) is 5.02 Å². The predicted octanol–water partition coefficient (Wildman–Crippen LogP) is 3.54. The molecule has 0 N–H and O–H groups in total. The van der Waals surface area contributed by atoms with Gasteiger partial charge in [0.1, 0.15) is 6.10 Å². The monoisotopic (exact) mass is 298 g/mol. The summed E-state index contributed by atoms with van der Waals surface area (Å²) in [7, 11) is 0. The molecule has 21 heavy (non-hydrogen) atoms. The first-order valence-corrected chi connectivity index (χ1v) is 7.06. The van der Waals surface area contributed by atoms with Crippen molar-refractivity contribution in [1.82, 2.24) is 0 Å². The summed E-state index contributed by atoms with van der Waals surface area (Å²) in [5.41, 5.74) is 1.28. The van der Waals surface area contributed by atoms with E-state index in [0.717, 1.165) is 11.1 Å². The van der Waals surface area contributed by atoms with E-state index in [2.05, 4.69) is 0 Å². The molecule has 2 aliphatic rings. The summed E-state index contributed by atoms with van der Waals surface area (Å²) in [5, 5.41) is 0.654. The van der Waals surface area contributed by atoms with Crippen LogP contribution in [0.1, 0.15) is 37.9 Å². The Kier molecular flexibility index (Phi) is 2.44. The van der Waals surface area contributed by atoms with E-state index in [0.29, 0.717) is 16.1 Å². The topological polar surface area (TPSA) is 46.7 Å². The molecule has 2 aromatic rings. The number of benzene rings is 2. The fourth-order valence-electron chi connectivity index (χ4n) is 3.01. The van der Waals surface area contributed by atoms with Crippen molar-refractivity contribution in [2.75, 3.05) is 0 Å². The average Bonchev–Trinajstić information content (AvgIpc) is 3.21.